The van der Waals surface area contributed by atoms with Crippen molar-refractivity contribution in [2.45, 2.75) is 20.0 Å². The molecule has 1 N–H and O–H groups in total. The van der Waals surface area contributed by atoms with Gasteiger partial charge in [0.15, 0.2) is 0 Å². The molecule has 0 saturated carbocycles. The first-order valence-corrected chi connectivity index (χ1v) is 9.29. The molecule has 4 rings (SSSR count). The summed E-state index contributed by atoms with van der Waals surface area (Å²) in [6.07, 6.45) is 0. The van der Waals surface area contributed by atoms with E-state index >= 15 is 0 Å². The number of benzene rings is 3. The summed E-state index contributed by atoms with van der Waals surface area (Å²) in [4.78, 5) is 0. The number of fused-ring (bicyclic) bond motifs is 1. The first-order valence-electron chi connectivity index (χ1n) is 9.29. The maximum atomic E-state index is 14.1. The monoisotopic (exact) mass is 455 g/mol. The van der Waals surface area contributed by atoms with Gasteiger partial charge >= 0.3 is 0 Å². The van der Waals surface area contributed by atoms with Crippen molar-refractivity contribution in [2.75, 3.05) is 6.61 Å². The molecular weight excluding hydrogens is 433 g/mol. The third-order valence-electron chi connectivity index (χ3n) is 4.93. The van der Waals surface area contributed by atoms with Gasteiger partial charge in [-0.2, -0.15) is 0 Å². The normalized spacial score (nSPS) is 10.7. The molecule has 0 saturated heterocycles. The zero-order chi connectivity index (χ0) is 19.5. The van der Waals surface area contributed by atoms with Gasteiger partial charge in [0.1, 0.15) is 18.2 Å². The highest BCUT2D eigenvalue weighted by atomic mass is 79.9. The highest BCUT2D eigenvalue weighted by molar-refractivity contribution is 8.93. The fourth-order valence-electron chi connectivity index (χ4n) is 3.44. The number of rotatable bonds is 6. The van der Waals surface area contributed by atoms with Gasteiger partial charge in [-0.25, -0.2) is 4.39 Å². The molecule has 3 aromatic carbocycles. The Morgan fingerprint density at radius 2 is 1.48 bits per heavy atom. The molecule has 6 heteroatoms. The van der Waals surface area contributed by atoms with Crippen LogP contribution in [0.4, 0.5) is 4.39 Å². The lowest BCUT2D eigenvalue weighted by Gasteiger charge is -2.10. The Kier molecular flexibility index (Phi) is 6.54. The van der Waals surface area contributed by atoms with Crippen LogP contribution < -0.4 is 10.4 Å². The average Bonchev–Trinajstić information content (AvgIpc) is 2.97. The van der Waals surface area contributed by atoms with Crippen molar-refractivity contribution >= 4 is 28.0 Å². The molecule has 0 unspecified atom stereocenters. The van der Waals surface area contributed by atoms with Crippen molar-refractivity contribution in [1.82, 2.24) is 9.13 Å². The summed E-state index contributed by atoms with van der Waals surface area (Å²) in [5.74, 6) is 0.596. The molecule has 4 nitrogen and oxygen atoms in total. The van der Waals surface area contributed by atoms with Gasteiger partial charge in [0.05, 0.1) is 24.1 Å². The third-order valence-corrected chi connectivity index (χ3v) is 4.93. The van der Waals surface area contributed by atoms with Crippen LogP contribution >= 0.6 is 17.0 Å². The molecule has 1 heterocycles. The largest absolute Gasteiger partial charge is 0.491 e. The van der Waals surface area contributed by atoms with E-state index < -0.39 is 0 Å². The SMILES string of the molecule is Br.Cc1ccccc1OCCn1c(=N)n(Cc2ccccc2F)c2ccccc21. The van der Waals surface area contributed by atoms with E-state index in [4.69, 9.17) is 10.1 Å². The Labute approximate surface area is 179 Å². The number of aryl methyl sites for hydroxylation is 1. The van der Waals surface area contributed by atoms with Crippen molar-refractivity contribution in [3.63, 3.8) is 0 Å². The van der Waals surface area contributed by atoms with Crippen LogP contribution in [0.3, 0.4) is 0 Å². The summed E-state index contributed by atoms with van der Waals surface area (Å²) in [5.41, 5.74) is 3.84. The van der Waals surface area contributed by atoms with Crippen LogP contribution in [0.5, 0.6) is 5.75 Å². The smallest absolute Gasteiger partial charge is 0.203 e. The molecule has 4 aromatic rings. The van der Waals surface area contributed by atoms with Gasteiger partial charge < -0.3 is 13.9 Å². The number of hydrogen-bond acceptors (Lipinski definition) is 2. The molecule has 0 atom stereocenters. The van der Waals surface area contributed by atoms with E-state index in [-0.39, 0.29) is 22.8 Å². The maximum absolute atomic E-state index is 14.1. The molecule has 1 aromatic heterocycles. The van der Waals surface area contributed by atoms with Gasteiger partial charge in [-0.3, -0.25) is 5.41 Å². The van der Waals surface area contributed by atoms with Gasteiger partial charge in [-0.15, -0.1) is 17.0 Å². The Hall–Kier alpha value is -2.86. The Morgan fingerprint density at radius 1 is 0.862 bits per heavy atom. The summed E-state index contributed by atoms with van der Waals surface area (Å²) in [7, 11) is 0. The number of aromatic nitrogens is 2. The Bertz CT molecular complexity index is 1180. The van der Waals surface area contributed by atoms with E-state index in [0.717, 1.165) is 22.3 Å². The van der Waals surface area contributed by atoms with Crippen LogP contribution in [0.1, 0.15) is 11.1 Å². The number of halogens is 2. The van der Waals surface area contributed by atoms with Gasteiger partial charge in [0.25, 0.3) is 0 Å². The number of imidazole rings is 1. The Balaban J connectivity index is 0.00000240. The number of hydrogen-bond donors (Lipinski definition) is 1. The van der Waals surface area contributed by atoms with E-state index in [1.54, 1.807) is 12.1 Å². The summed E-state index contributed by atoms with van der Waals surface area (Å²) in [5, 5.41) is 8.67. The van der Waals surface area contributed by atoms with E-state index in [9.17, 15) is 4.39 Å². The molecule has 29 heavy (non-hydrogen) atoms. The predicted octanol–water partition coefficient (Wildman–Crippen LogP) is 5.07. The fourth-order valence-corrected chi connectivity index (χ4v) is 3.44. The maximum Gasteiger partial charge on any atom is 0.203 e. The summed E-state index contributed by atoms with van der Waals surface area (Å²) >= 11 is 0. The van der Waals surface area contributed by atoms with Gasteiger partial charge in [0, 0.05) is 5.56 Å². The van der Waals surface area contributed by atoms with Crippen LogP contribution in [0.25, 0.3) is 11.0 Å². The van der Waals surface area contributed by atoms with Crippen LogP contribution in [-0.2, 0) is 13.1 Å². The van der Waals surface area contributed by atoms with Crippen molar-refractivity contribution in [1.29, 1.82) is 5.41 Å². The predicted molar refractivity (Wildman–Crippen MR) is 118 cm³/mol. The van der Waals surface area contributed by atoms with E-state index in [0.29, 0.717) is 30.9 Å². The number of para-hydroxylation sites is 3. The lowest BCUT2D eigenvalue weighted by atomic mass is 10.2. The minimum atomic E-state index is -0.255. The number of ether oxygens (including phenoxy) is 1. The quantitative estimate of drug-likeness (QED) is 0.432. The van der Waals surface area contributed by atoms with E-state index in [2.05, 4.69) is 0 Å². The first kappa shape index (κ1) is 20.9. The zero-order valence-electron chi connectivity index (χ0n) is 16.1. The second-order valence-corrected chi connectivity index (χ2v) is 6.76. The highest BCUT2D eigenvalue weighted by Gasteiger charge is 2.12. The summed E-state index contributed by atoms with van der Waals surface area (Å²) in [6.45, 7) is 3.32. The first-order chi connectivity index (χ1) is 13.6. The van der Waals surface area contributed by atoms with Crippen molar-refractivity contribution in [2.24, 2.45) is 0 Å². The van der Waals surface area contributed by atoms with Crippen molar-refractivity contribution in [3.8, 4) is 5.75 Å². The molecule has 0 radical (unpaired) electrons. The summed E-state index contributed by atoms with van der Waals surface area (Å²) in [6, 6.07) is 22.4. The second kappa shape index (κ2) is 9.09. The van der Waals surface area contributed by atoms with Crippen LogP contribution in [-0.4, -0.2) is 15.7 Å². The van der Waals surface area contributed by atoms with Crippen molar-refractivity contribution in [3.05, 3.63) is 95.4 Å². The molecule has 0 fully saturated rings. The molecule has 0 amide bonds. The van der Waals surface area contributed by atoms with Crippen LogP contribution in [0.2, 0.25) is 0 Å². The molecule has 150 valence electrons. The molecule has 0 aliphatic heterocycles. The molecule has 0 aliphatic rings. The molecular formula is C23H23BrFN3O. The van der Waals surface area contributed by atoms with Gasteiger partial charge in [0.2, 0.25) is 5.62 Å². The molecule has 0 bridgehead atoms. The molecule has 0 spiro atoms. The number of nitrogens with zero attached hydrogens (tertiary/aromatic N) is 2. The zero-order valence-corrected chi connectivity index (χ0v) is 17.9. The average molecular weight is 456 g/mol. The van der Waals surface area contributed by atoms with E-state index in [1.165, 1.54) is 6.07 Å². The Morgan fingerprint density at radius 3 is 2.21 bits per heavy atom. The topological polar surface area (TPSA) is 42.9 Å². The minimum Gasteiger partial charge on any atom is -0.491 e. The number of nitrogens with one attached hydrogen (secondary N) is 1. The molecule has 0 aliphatic carbocycles. The lowest BCUT2D eigenvalue weighted by molar-refractivity contribution is 0.295. The highest BCUT2D eigenvalue weighted by Crippen LogP contribution is 2.18. The van der Waals surface area contributed by atoms with Crippen LogP contribution in [0.15, 0.2) is 72.8 Å². The standard InChI is InChI=1S/C23H22FN3O.BrH/c1-17-8-2-7-13-22(17)28-15-14-26-20-11-5-6-12-21(20)27(23(26)25)16-18-9-3-4-10-19(18)24;/h2-13,25H,14-16H2,1H3;1H. The fraction of sp³-hybridized carbons (Fsp3) is 0.174. The van der Waals surface area contributed by atoms with Crippen molar-refractivity contribution < 1.29 is 9.13 Å². The van der Waals surface area contributed by atoms with Gasteiger partial charge in [-0.1, -0.05) is 48.5 Å². The minimum absolute atomic E-state index is 0. The summed E-state index contributed by atoms with van der Waals surface area (Å²) < 4.78 is 23.8. The van der Waals surface area contributed by atoms with E-state index in [1.807, 2.05) is 70.7 Å². The second-order valence-electron chi connectivity index (χ2n) is 6.76. The van der Waals surface area contributed by atoms with Gasteiger partial charge in [-0.05, 0) is 36.8 Å². The third kappa shape index (κ3) is 4.27. The van der Waals surface area contributed by atoms with Crippen LogP contribution in [0, 0.1) is 18.2 Å². The lowest BCUT2D eigenvalue weighted by Crippen LogP contribution is -2.27.